The lowest BCUT2D eigenvalue weighted by atomic mass is 10.2. The van der Waals surface area contributed by atoms with E-state index >= 15 is 0 Å². The molecule has 0 spiro atoms. The molecule has 0 fully saturated rings. The molecule has 0 bridgehead atoms. The van der Waals surface area contributed by atoms with E-state index < -0.39 is 9.89 Å². The number of hydrogen-bond donors (Lipinski definition) is 2. The number of ether oxygens (including phenoxy) is 1. The number of aliphatic hydroxyl groups excluding tert-OH is 1. The van der Waals surface area contributed by atoms with Crippen LogP contribution < -0.4 is 5.32 Å². The zero-order valence-corrected chi connectivity index (χ0v) is 11.1. The second-order valence-corrected chi connectivity index (χ2v) is 5.77. The van der Waals surface area contributed by atoms with Crippen LogP contribution in [0.15, 0.2) is 0 Å². The van der Waals surface area contributed by atoms with Crippen molar-refractivity contribution in [3.05, 3.63) is 0 Å². The Kier molecular flexibility index (Phi) is 9.22. The summed E-state index contributed by atoms with van der Waals surface area (Å²) < 4.78 is 3.08. The highest BCUT2D eigenvalue weighted by Gasteiger charge is 2.21. The van der Waals surface area contributed by atoms with Gasteiger partial charge in [0.05, 0.1) is 0 Å². The molecule has 0 aromatic heterocycles. The van der Waals surface area contributed by atoms with Crippen LogP contribution in [0.1, 0.15) is 25.7 Å². The maximum absolute atomic E-state index is 11.0. The Bertz CT molecular complexity index is 197. The summed E-state index contributed by atoms with van der Waals surface area (Å²) >= 11 is 16.2. The number of alkyl halides is 3. The highest BCUT2D eigenvalue weighted by atomic mass is 35.6. The molecule has 0 aliphatic carbocycles. The van der Waals surface area contributed by atoms with E-state index in [2.05, 4.69) is 10.1 Å². The summed E-state index contributed by atoms with van der Waals surface area (Å²) in [5.74, 6) is 0. The average molecular weight is 293 g/mol. The summed E-state index contributed by atoms with van der Waals surface area (Å²) in [6.45, 7) is 0.455. The molecule has 0 atom stereocenters. The molecule has 1 amide bonds. The highest BCUT2D eigenvalue weighted by Crippen LogP contribution is 2.25. The number of carbonyl (C=O) groups excluding carboxylic acids is 1. The first kappa shape index (κ1) is 16.1. The van der Waals surface area contributed by atoms with Crippen molar-refractivity contribution in [1.29, 1.82) is 0 Å². The number of alkyl carbamates (subject to hydrolysis) is 1. The monoisotopic (exact) mass is 291 g/mol. The molecule has 0 radical (unpaired) electrons. The number of amides is 1. The third-order valence-corrected chi connectivity index (χ3v) is 2.05. The smallest absolute Gasteiger partial charge is 0.407 e. The van der Waals surface area contributed by atoms with Crippen molar-refractivity contribution in [2.45, 2.75) is 29.5 Å². The van der Waals surface area contributed by atoms with Crippen molar-refractivity contribution in [3.63, 3.8) is 0 Å². The number of rotatable bonds is 7. The second kappa shape index (κ2) is 9.16. The Morgan fingerprint density at radius 3 is 2.38 bits per heavy atom. The van der Waals surface area contributed by atoms with Crippen LogP contribution in [0.5, 0.6) is 0 Å². The van der Waals surface area contributed by atoms with Gasteiger partial charge in [-0.1, -0.05) is 47.6 Å². The molecule has 16 heavy (non-hydrogen) atoms. The summed E-state index contributed by atoms with van der Waals surface area (Å²) in [6.07, 6.45) is 2.93. The largest absolute Gasteiger partial charge is 0.445 e. The molecule has 4 nitrogen and oxygen atoms in total. The van der Waals surface area contributed by atoms with Crippen molar-refractivity contribution < 1.29 is 14.6 Å². The Labute approximate surface area is 110 Å². The van der Waals surface area contributed by atoms with Crippen molar-refractivity contribution >= 4 is 40.9 Å². The van der Waals surface area contributed by atoms with Crippen molar-refractivity contribution in [1.82, 2.24) is 5.32 Å². The number of nitrogens with one attached hydrogen (secondary N) is 1. The standard InChI is InChI=1S/C9H16Cl3NO3/c10-9(11,12)7-16-8(15)13-5-3-1-2-4-6-14/h14H,1-7H2,(H,13,15). The lowest BCUT2D eigenvalue weighted by Crippen LogP contribution is -2.28. The summed E-state index contributed by atoms with van der Waals surface area (Å²) in [4.78, 5) is 11.0. The van der Waals surface area contributed by atoms with Crippen molar-refractivity contribution in [2.75, 3.05) is 19.8 Å². The fraction of sp³-hybridized carbons (Fsp3) is 0.889. The van der Waals surface area contributed by atoms with Gasteiger partial charge in [0.25, 0.3) is 0 Å². The van der Waals surface area contributed by atoms with Crippen LogP contribution in [0.2, 0.25) is 0 Å². The molecule has 0 unspecified atom stereocenters. The molecule has 0 rings (SSSR count). The maximum Gasteiger partial charge on any atom is 0.407 e. The normalized spacial score (nSPS) is 11.2. The third kappa shape index (κ3) is 12.2. The Balaban J connectivity index is 3.31. The van der Waals surface area contributed by atoms with Crippen LogP contribution in [0.4, 0.5) is 4.79 Å². The van der Waals surface area contributed by atoms with E-state index in [1.807, 2.05) is 0 Å². The van der Waals surface area contributed by atoms with Gasteiger partial charge in [0.15, 0.2) is 0 Å². The molecule has 0 aromatic rings. The highest BCUT2D eigenvalue weighted by molar-refractivity contribution is 6.67. The summed E-state index contributed by atoms with van der Waals surface area (Å²) in [7, 11) is 0. The van der Waals surface area contributed by atoms with Crippen LogP contribution in [0, 0.1) is 0 Å². The summed E-state index contributed by atoms with van der Waals surface area (Å²) in [5, 5.41) is 11.1. The molecule has 0 saturated heterocycles. The zero-order chi connectivity index (χ0) is 12.4. The van der Waals surface area contributed by atoms with Gasteiger partial charge in [0.2, 0.25) is 3.79 Å². The van der Waals surface area contributed by atoms with Crippen LogP contribution in [0.3, 0.4) is 0 Å². The van der Waals surface area contributed by atoms with Gasteiger partial charge in [-0.15, -0.1) is 0 Å². The molecule has 7 heteroatoms. The number of aliphatic hydroxyl groups is 1. The molecule has 2 N–H and O–H groups in total. The van der Waals surface area contributed by atoms with Crippen LogP contribution in [-0.2, 0) is 4.74 Å². The third-order valence-electron chi connectivity index (χ3n) is 1.72. The van der Waals surface area contributed by atoms with E-state index in [1.54, 1.807) is 0 Å². The molecule has 0 aliphatic rings. The lowest BCUT2D eigenvalue weighted by molar-refractivity contribution is 0.148. The van der Waals surface area contributed by atoms with E-state index in [0.717, 1.165) is 25.7 Å². The fourth-order valence-corrected chi connectivity index (χ4v) is 1.14. The van der Waals surface area contributed by atoms with E-state index in [-0.39, 0.29) is 13.2 Å². The van der Waals surface area contributed by atoms with Crippen LogP contribution in [-0.4, -0.2) is 34.8 Å². The minimum absolute atomic E-state index is 0.207. The second-order valence-electron chi connectivity index (χ2n) is 3.26. The van der Waals surface area contributed by atoms with Gasteiger partial charge in [-0.2, -0.15) is 0 Å². The quantitative estimate of drug-likeness (QED) is 0.560. The summed E-state index contributed by atoms with van der Waals surface area (Å²) in [5.41, 5.74) is 0. The Hall–Kier alpha value is 0.1000. The fourth-order valence-electron chi connectivity index (χ4n) is 0.979. The first-order chi connectivity index (χ1) is 7.45. The van der Waals surface area contributed by atoms with Gasteiger partial charge in [-0.3, -0.25) is 0 Å². The van der Waals surface area contributed by atoms with E-state index in [0.29, 0.717) is 6.54 Å². The molecular formula is C9H16Cl3NO3. The van der Waals surface area contributed by atoms with Gasteiger partial charge in [0.1, 0.15) is 6.61 Å². The molecule has 0 aliphatic heterocycles. The molecule has 0 saturated carbocycles. The molecule has 0 heterocycles. The molecule has 0 aromatic carbocycles. The maximum atomic E-state index is 11.0. The van der Waals surface area contributed by atoms with Crippen LogP contribution in [0.25, 0.3) is 0 Å². The van der Waals surface area contributed by atoms with E-state index in [4.69, 9.17) is 39.9 Å². The predicted octanol–water partition coefficient (Wildman–Crippen LogP) is 2.64. The van der Waals surface area contributed by atoms with E-state index in [9.17, 15) is 4.79 Å². The van der Waals surface area contributed by atoms with Crippen LogP contribution >= 0.6 is 34.8 Å². The summed E-state index contributed by atoms with van der Waals surface area (Å²) in [6, 6.07) is 0. The van der Waals surface area contributed by atoms with Crippen molar-refractivity contribution in [3.8, 4) is 0 Å². The number of hydrogen-bond acceptors (Lipinski definition) is 3. The minimum atomic E-state index is -1.57. The van der Waals surface area contributed by atoms with Crippen molar-refractivity contribution in [2.24, 2.45) is 0 Å². The number of halogens is 3. The molecule has 96 valence electrons. The Morgan fingerprint density at radius 2 is 1.81 bits per heavy atom. The molecular weight excluding hydrogens is 276 g/mol. The first-order valence-electron chi connectivity index (χ1n) is 5.04. The van der Waals surface area contributed by atoms with Gasteiger partial charge in [-0.25, -0.2) is 4.79 Å². The van der Waals surface area contributed by atoms with E-state index in [1.165, 1.54) is 0 Å². The predicted molar refractivity (Wildman–Crippen MR) is 65.2 cm³/mol. The SMILES string of the molecule is O=C(NCCCCCCO)OCC(Cl)(Cl)Cl. The van der Waals surface area contributed by atoms with Gasteiger partial charge in [0, 0.05) is 13.2 Å². The topological polar surface area (TPSA) is 58.6 Å². The lowest BCUT2D eigenvalue weighted by Gasteiger charge is -2.11. The first-order valence-corrected chi connectivity index (χ1v) is 6.17. The average Bonchev–Trinajstić information content (AvgIpc) is 2.19. The number of unbranched alkanes of at least 4 members (excludes halogenated alkanes) is 3. The van der Waals surface area contributed by atoms with Gasteiger partial charge >= 0.3 is 6.09 Å². The Morgan fingerprint density at radius 1 is 1.19 bits per heavy atom. The number of carbonyl (C=O) groups is 1. The van der Waals surface area contributed by atoms with Gasteiger partial charge < -0.3 is 15.2 Å². The van der Waals surface area contributed by atoms with Gasteiger partial charge in [-0.05, 0) is 12.8 Å². The zero-order valence-electron chi connectivity index (χ0n) is 8.85. The minimum Gasteiger partial charge on any atom is -0.445 e.